The van der Waals surface area contributed by atoms with E-state index in [0.29, 0.717) is 5.41 Å². The van der Waals surface area contributed by atoms with Gasteiger partial charge in [0.2, 0.25) is 0 Å². The number of aryl methyl sites for hydroxylation is 1. The number of rotatable bonds is 3. The highest BCUT2D eigenvalue weighted by atomic mass is 32.2. The van der Waals surface area contributed by atoms with Crippen molar-refractivity contribution in [2.24, 2.45) is 10.6 Å². The number of sulfonamides is 1. The van der Waals surface area contributed by atoms with Crippen LogP contribution in [0, 0.1) is 12.3 Å². The molecule has 0 unspecified atom stereocenters. The lowest BCUT2D eigenvalue weighted by Gasteiger charge is -2.09. The molecule has 2 aliphatic carbocycles. The Balaban J connectivity index is 1.77. The van der Waals surface area contributed by atoms with Crippen molar-refractivity contribution in [3.05, 3.63) is 59.3 Å². The fourth-order valence-corrected chi connectivity index (χ4v) is 4.05. The number of hydrogen-bond acceptors (Lipinski definition) is 3. The number of hydrogen-bond donors (Lipinski definition) is 1. The van der Waals surface area contributed by atoms with Gasteiger partial charge in [-0.05, 0) is 66.4 Å². The predicted molar refractivity (Wildman–Crippen MR) is 94.5 cm³/mol. The summed E-state index contributed by atoms with van der Waals surface area (Å²) >= 11 is 0. The second-order valence-electron chi connectivity index (χ2n) is 7.11. The number of nitrogens with zero attached hydrogens (tertiary/aromatic N) is 1. The van der Waals surface area contributed by atoms with Gasteiger partial charge < -0.3 is 0 Å². The number of nitrogens with two attached hydrogens (primary N) is 1. The number of primary sulfonamides is 1. The van der Waals surface area contributed by atoms with Crippen LogP contribution in [0.5, 0.6) is 0 Å². The molecule has 1 aromatic carbocycles. The van der Waals surface area contributed by atoms with Crippen molar-refractivity contribution in [3.8, 4) is 0 Å². The van der Waals surface area contributed by atoms with E-state index in [4.69, 9.17) is 5.14 Å². The normalized spacial score (nSPS) is 19.1. The van der Waals surface area contributed by atoms with Gasteiger partial charge in [0.1, 0.15) is 0 Å². The molecule has 1 saturated carbocycles. The Hall–Kier alpha value is -1.98. The van der Waals surface area contributed by atoms with Gasteiger partial charge in [-0.3, -0.25) is 0 Å². The molecule has 1 fully saturated rings. The molecule has 1 heterocycles. The monoisotopic (exact) mass is 340 g/mol. The average Bonchev–Trinajstić information content (AvgIpc) is 3.19. The van der Waals surface area contributed by atoms with Gasteiger partial charge in [-0.15, -0.1) is 0 Å². The molecule has 0 saturated heterocycles. The number of benzene rings is 1. The van der Waals surface area contributed by atoms with Crippen molar-refractivity contribution < 1.29 is 8.42 Å². The zero-order chi connectivity index (χ0) is 16.9. The molecule has 0 bridgehead atoms. The van der Waals surface area contributed by atoms with E-state index < -0.39 is 10.0 Å². The molecule has 124 valence electrons. The highest BCUT2D eigenvalue weighted by Gasteiger charge is 2.48. The third-order valence-corrected chi connectivity index (χ3v) is 6.03. The van der Waals surface area contributed by atoms with Crippen molar-refractivity contribution in [3.63, 3.8) is 0 Å². The van der Waals surface area contributed by atoms with Crippen molar-refractivity contribution in [2.75, 3.05) is 0 Å². The second-order valence-corrected chi connectivity index (χ2v) is 8.62. The van der Waals surface area contributed by atoms with Gasteiger partial charge in [0.25, 0.3) is 10.0 Å². The quantitative estimate of drug-likeness (QED) is 0.929. The summed E-state index contributed by atoms with van der Waals surface area (Å²) in [6.45, 7) is 2.09. The van der Waals surface area contributed by atoms with Gasteiger partial charge in [-0.1, -0.05) is 35.9 Å². The number of allylic oxidation sites excluding steroid dienone is 2. The maximum atomic E-state index is 11.4. The van der Waals surface area contributed by atoms with Gasteiger partial charge in [-0.2, -0.15) is 0 Å². The molecule has 1 aromatic heterocycles. The molecule has 2 aliphatic rings. The van der Waals surface area contributed by atoms with Crippen LogP contribution in [0.4, 0.5) is 0 Å². The van der Waals surface area contributed by atoms with Gasteiger partial charge in [0.15, 0.2) is 5.03 Å². The summed E-state index contributed by atoms with van der Waals surface area (Å²) in [5.41, 5.74) is 6.60. The standard InChI is InChI=1S/C19H20N2O2S/c1-13-2-4-14(5-3-13)16-10-19(8-9-19)11-17(16)15-6-7-18(21-12-15)24(20,22)23/h2-7,12H,8-11H2,1H3,(H2,20,22,23). The van der Waals surface area contributed by atoms with Crippen LogP contribution in [0.25, 0.3) is 11.1 Å². The third kappa shape index (κ3) is 2.78. The fraction of sp³-hybridized carbons (Fsp3) is 0.316. The summed E-state index contributed by atoms with van der Waals surface area (Å²) in [5.74, 6) is 0. The molecule has 0 atom stereocenters. The molecule has 2 aromatic rings. The Morgan fingerprint density at radius 1 is 0.958 bits per heavy atom. The van der Waals surface area contributed by atoms with E-state index in [1.165, 1.54) is 41.2 Å². The first kappa shape index (κ1) is 15.5. The van der Waals surface area contributed by atoms with Crippen LogP contribution in [0.15, 0.2) is 47.6 Å². The van der Waals surface area contributed by atoms with Gasteiger partial charge in [0, 0.05) is 6.20 Å². The van der Waals surface area contributed by atoms with Crippen molar-refractivity contribution >= 4 is 21.2 Å². The van der Waals surface area contributed by atoms with Crippen LogP contribution >= 0.6 is 0 Å². The van der Waals surface area contributed by atoms with E-state index in [0.717, 1.165) is 18.4 Å². The minimum atomic E-state index is -3.75. The van der Waals surface area contributed by atoms with E-state index in [9.17, 15) is 8.42 Å². The minimum Gasteiger partial charge on any atom is -0.243 e. The van der Waals surface area contributed by atoms with E-state index in [1.54, 1.807) is 6.20 Å². The third-order valence-electron chi connectivity index (χ3n) is 5.20. The summed E-state index contributed by atoms with van der Waals surface area (Å²) in [4.78, 5) is 4.06. The zero-order valence-electron chi connectivity index (χ0n) is 13.6. The maximum absolute atomic E-state index is 11.4. The smallest absolute Gasteiger partial charge is 0.243 e. The van der Waals surface area contributed by atoms with Crippen LogP contribution in [-0.2, 0) is 10.0 Å². The van der Waals surface area contributed by atoms with Crippen LogP contribution in [0.3, 0.4) is 0 Å². The van der Waals surface area contributed by atoms with E-state index in [-0.39, 0.29) is 5.03 Å². The summed E-state index contributed by atoms with van der Waals surface area (Å²) in [7, 11) is -3.75. The molecular formula is C19H20N2O2S. The van der Waals surface area contributed by atoms with E-state index >= 15 is 0 Å². The molecule has 0 amide bonds. The first-order chi connectivity index (χ1) is 11.4. The number of pyridine rings is 1. The lowest BCUT2D eigenvalue weighted by Crippen LogP contribution is -2.13. The topological polar surface area (TPSA) is 73.1 Å². The molecule has 0 aliphatic heterocycles. The Morgan fingerprint density at radius 2 is 1.54 bits per heavy atom. The maximum Gasteiger partial charge on any atom is 0.255 e. The van der Waals surface area contributed by atoms with Crippen molar-refractivity contribution in [1.29, 1.82) is 0 Å². The predicted octanol–water partition coefficient (Wildman–Crippen LogP) is 3.52. The molecule has 4 rings (SSSR count). The van der Waals surface area contributed by atoms with E-state index in [2.05, 4.69) is 36.2 Å². The molecule has 2 N–H and O–H groups in total. The number of aromatic nitrogens is 1. The minimum absolute atomic E-state index is 0.0807. The fourth-order valence-electron chi connectivity index (χ4n) is 3.59. The largest absolute Gasteiger partial charge is 0.255 e. The molecule has 0 radical (unpaired) electrons. The van der Waals surface area contributed by atoms with Crippen LogP contribution in [0.1, 0.15) is 42.4 Å². The Labute approximate surface area is 142 Å². The van der Waals surface area contributed by atoms with Crippen LogP contribution in [-0.4, -0.2) is 13.4 Å². The Morgan fingerprint density at radius 3 is 2.04 bits per heavy atom. The molecule has 24 heavy (non-hydrogen) atoms. The zero-order valence-corrected chi connectivity index (χ0v) is 14.4. The SMILES string of the molecule is Cc1ccc(C2=C(c3ccc(S(N)(=O)=O)nc3)CC3(CC3)C2)cc1. The second kappa shape index (κ2) is 5.26. The van der Waals surface area contributed by atoms with E-state index in [1.807, 2.05) is 6.07 Å². The first-order valence-corrected chi connectivity index (χ1v) is 9.69. The highest BCUT2D eigenvalue weighted by Crippen LogP contribution is 2.63. The van der Waals surface area contributed by atoms with Gasteiger partial charge >= 0.3 is 0 Å². The van der Waals surface area contributed by atoms with Crippen LogP contribution in [0.2, 0.25) is 0 Å². The molecule has 1 spiro atoms. The van der Waals surface area contributed by atoms with Crippen molar-refractivity contribution in [1.82, 2.24) is 4.98 Å². The summed E-state index contributed by atoms with van der Waals surface area (Å²) in [6.07, 6.45) is 6.34. The first-order valence-electron chi connectivity index (χ1n) is 8.15. The summed E-state index contributed by atoms with van der Waals surface area (Å²) < 4.78 is 22.8. The average molecular weight is 340 g/mol. The Bertz CT molecular complexity index is 922. The van der Waals surface area contributed by atoms with Crippen molar-refractivity contribution in [2.45, 2.75) is 37.6 Å². The van der Waals surface area contributed by atoms with Gasteiger partial charge in [0.05, 0.1) is 0 Å². The Kier molecular flexibility index (Phi) is 3.41. The summed E-state index contributed by atoms with van der Waals surface area (Å²) in [6, 6.07) is 12.0. The lowest BCUT2D eigenvalue weighted by molar-refractivity contribution is 0.568. The lowest BCUT2D eigenvalue weighted by atomic mass is 9.97. The highest BCUT2D eigenvalue weighted by molar-refractivity contribution is 7.89. The molecule has 4 nitrogen and oxygen atoms in total. The van der Waals surface area contributed by atoms with Gasteiger partial charge in [-0.25, -0.2) is 18.5 Å². The molecule has 5 heteroatoms. The van der Waals surface area contributed by atoms with Crippen LogP contribution < -0.4 is 5.14 Å². The molecular weight excluding hydrogens is 320 g/mol. The summed E-state index contributed by atoms with van der Waals surface area (Å²) in [5, 5.41) is 5.06.